The second-order valence-electron chi connectivity index (χ2n) is 3.24. The molecule has 0 bridgehead atoms. The zero-order valence-corrected chi connectivity index (χ0v) is 14.3. The van der Waals surface area contributed by atoms with Crippen LogP contribution >= 0.6 is 13.6 Å². The fourth-order valence-electron chi connectivity index (χ4n) is 1.12. The van der Waals surface area contributed by atoms with Crippen LogP contribution in [0.1, 0.15) is 31.7 Å². The van der Waals surface area contributed by atoms with E-state index in [2.05, 4.69) is 26.8 Å². The van der Waals surface area contributed by atoms with E-state index in [-0.39, 0.29) is 0 Å². The summed E-state index contributed by atoms with van der Waals surface area (Å²) in [6.45, 7) is 2.79. The Bertz CT molecular complexity index is 262. The van der Waals surface area contributed by atoms with Gasteiger partial charge >= 0.3 is 30.0 Å². The number of hydrogen-bond acceptors (Lipinski definition) is 1. The Morgan fingerprint density at radius 1 is 1.31 bits per heavy atom. The molecule has 0 atom stereocenters. The van der Waals surface area contributed by atoms with Gasteiger partial charge in [0.1, 0.15) is 0 Å². The number of hydrogen-bond donors (Lipinski definition) is 0. The van der Waals surface area contributed by atoms with Crippen LogP contribution in [-0.2, 0) is 27.7 Å². The van der Waals surface area contributed by atoms with Crippen molar-refractivity contribution >= 4 is 13.6 Å². The quantitative estimate of drug-likeness (QED) is 0.321. The van der Waals surface area contributed by atoms with Crippen molar-refractivity contribution in [2.45, 2.75) is 32.8 Å². The molecule has 0 spiro atoms. The van der Waals surface area contributed by atoms with Crippen molar-refractivity contribution in [3.63, 3.8) is 0 Å². The molecule has 0 aliphatic carbocycles. The van der Waals surface area contributed by atoms with Gasteiger partial charge in [0.2, 0.25) is 0 Å². The van der Waals surface area contributed by atoms with Crippen molar-refractivity contribution in [2.75, 3.05) is 0 Å². The molecular formula is C13H17BrOZn. The number of rotatable bonds is 6. The number of halogens is 1. The van der Waals surface area contributed by atoms with E-state index in [1.807, 2.05) is 36.4 Å². The molecule has 1 rings (SSSR count). The summed E-state index contributed by atoms with van der Waals surface area (Å²) < 4.78 is 5.26. The predicted molar refractivity (Wildman–Crippen MR) is 67.5 cm³/mol. The first-order valence-electron chi connectivity index (χ1n) is 5.43. The van der Waals surface area contributed by atoms with E-state index in [1.54, 1.807) is 0 Å². The summed E-state index contributed by atoms with van der Waals surface area (Å²) in [7, 11) is 0. The van der Waals surface area contributed by atoms with Crippen molar-refractivity contribution in [3.8, 4) is 0 Å². The zero-order chi connectivity index (χ0) is 12.1. The monoisotopic (exact) mass is 332 g/mol. The number of unbranched alkanes of at least 4 members (excludes halogenated alkanes) is 2. The first-order chi connectivity index (χ1) is 7.93. The van der Waals surface area contributed by atoms with Crippen molar-refractivity contribution in [3.05, 3.63) is 48.2 Å². The Morgan fingerprint density at radius 3 is 2.62 bits per heavy atom. The topological polar surface area (TPSA) is 9.23 Å². The van der Waals surface area contributed by atoms with Gasteiger partial charge in [0, 0.05) is 0 Å². The first-order valence-corrected chi connectivity index (χ1v) is 12.4. The van der Waals surface area contributed by atoms with E-state index >= 15 is 0 Å². The van der Waals surface area contributed by atoms with Gasteiger partial charge < -0.3 is 11.0 Å². The molecule has 0 amide bonds. The van der Waals surface area contributed by atoms with Crippen LogP contribution in [0.5, 0.6) is 0 Å². The molecule has 0 aliphatic heterocycles. The van der Waals surface area contributed by atoms with E-state index in [0.29, 0.717) is 6.61 Å². The zero-order valence-electron chi connectivity index (χ0n) is 9.79. The third kappa shape index (κ3) is 9.12. The van der Waals surface area contributed by atoms with E-state index < -0.39 is 0 Å². The van der Waals surface area contributed by atoms with E-state index in [1.165, 1.54) is 34.7 Å². The maximum absolute atomic E-state index is 5.26. The normalized spacial score (nSPS) is 9.75. The standard InChI is InChI=1S/C13H17O.BrH.Zn/c1-2-3-4-8-11-14-12-13-9-6-5-7-10-13;;/h5-10H,2-4,12H2,1H3;1H;/q-1;;+2/p-1. The van der Waals surface area contributed by atoms with Gasteiger partial charge in [0.05, 0.1) is 6.61 Å². The van der Waals surface area contributed by atoms with Crippen LogP contribution in [0.3, 0.4) is 0 Å². The van der Waals surface area contributed by atoms with Crippen LogP contribution in [0.2, 0.25) is 0 Å². The number of benzene rings is 1. The molecule has 1 aromatic rings. The van der Waals surface area contributed by atoms with E-state index in [4.69, 9.17) is 4.74 Å². The summed E-state index contributed by atoms with van der Waals surface area (Å²) in [5.41, 5.74) is 1.18. The summed E-state index contributed by atoms with van der Waals surface area (Å²) in [4.78, 5) is 0. The fraction of sp³-hybridized carbons (Fsp3) is 0.385. The first kappa shape index (κ1) is 15.9. The maximum atomic E-state index is 5.26. The van der Waals surface area contributed by atoms with Crippen LogP contribution in [-0.4, -0.2) is 0 Å². The molecule has 0 unspecified atom stereocenters. The van der Waals surface area contributed by atoms with Crippen LogP contribution in [0.15, 0.2) is 36.4 Å². The van der Waals surface area contributed by atoms with E-state index in [0.717, 1.165) is 6.42 Å². The summed E-state index contributed by atoms with van der Waals surface area (Å²) in [5.74, 6) is 0. The average Bonchev–Trinajstić information content (AvgIpc) is 2.37. The van der Waals surface area contributed by atoms with E-state index in [9.17, 15) is 0 Å². The third-order valence-corrected chi connectivity index (χ3v) is 1.95. The second-order valence-corrected chi connectivity index (χ2v) is 3.24. The fourth-order valence-corrected chi connectivity index (χ4v) is 1.12. The molecule has 0 fully saturated rings. The summed E-state index contributed by atoms with van der Waals surface area (Å²) >= 11 is 4.25. The van der Waals surface area contributed by atoms with Crippen LogP contribution in [0, 0.1) is 6.26 Å². The number of allylic oxidation sites excluding steroid dienone is 1. The molecule has 0 heterocycles. The van der Waals surface area contributed by atoms with Gasteiger partial charge in [-0.05, 0) is 5.56 Å². The average molecular weight is 335 g/mol. The molecule has 0 radical (unpaired) electrons. The minimum atomic E-state index is 0.615. The summed E-state index contributed by atoms with van der Waals surface area (Å²) in [5, 5.41) is 0. The van der Waals surface area contributed by atoms with Gasteiger partial charge in [0.15, 0.2) is 0 Å². The van der Waals surface area contributed by atoms with Gasteiger partial charge in [-0.1, -0.05) is 56.5 Å². The molecular weight excluding hydrogens is 317 g/mol. The Balaban J connectivity index is 0.00000106. The van der Waals surface area contributed by atoms with Crippen molar-refractivity contribution in [2.24, 2.45) is 0 Å². The van der Waals surface area contributed by atoms with Gasteiger partial charge in [-0.25, -0.2) is 6.08 Å². The molecule has 0 saturated carbocycles. The Labute approximate surface area is 115 Å². The molecule has 1 nitrogen and oxygen atoms in total. The van der Waals surface area contributed by atoms with Crippen molar-refractivity contribution in [1.29, 1.82) is 0 Å². The summed E-state index contributed by atoms with van der Waals surface area (Å²) in [6, 6.07) is 10.1. The van der Waals surface area contributed by atoms with Gasteiger partial charge in [0.25, 0.3) is 0 Å². The molecule has 0 N–H and O–H groups in total. The Morgan fingerprint density at radius 2 is 2.00 bits per heavy atom. The molecule has 0 aliphatic rings. The molecule has 0 saturated heterocycles. The molecule has 0 aromatic heterocycles. The Kier molecular flexibility index (Phi) is 12.8. The van der Waals surface area contributed by atoms with Crippen LogP contribution in [0.4, 0.5) is 0 Å². The van der Waals surface area contributed by atoms with Crippen molar-refractivity contribution < 1.29 is 21.1 Å². The third-order valence-electron chi connectivity index (χ3n) is 1.95. The minimum absolute atomic E-state index is 0.615. The van der Waals surface area contributed by atoms with Crippen molar-refractivity contribution in [1.82, 2.24) is 0 Å². The van der Waals surface area contributed by atoms with Gasteiger partial charge in [-0.3, -0.25) is 0 Å². The predicted octanol–water partition coefficient (Wildman–Crippen LogP) is 4.55. The van der Waals surface area contributed by atoms with Gasteiger partial charge in [-0.15, -0.1) is 0 Å². The summed E-state index contributed by atoms with van der Waals surface area (Å²) in [6.07, 6.45) is 8.30. The second kappa shape index (κ2) is 12.9. The molecule has 16 heavy (non-hydrogen) atoms. The van der Waals surface area contributed by atoms with Gasteiger partial charge in [-0.2, -0.15) is 0 Å². The molecule has 84 valence electrons. The molecule has 1 aromatic carbocycles. The Hall–Kier alpha value is -0.137. The molecule has 3 heteroatoms. The van der Waals surface area contributed by atoms with Crippen LogP contribution < -0.4 is 0 Å². The number of ether oxygens (including phenoxy) is 1. The SMILES string of the molecule is CCCCC=[C-]OCc1ccccc1.[Zn+][Br]. The van der Waals surface area contributed by atoms with Crippen LogP contribution in [0.25, 0.3) is 0 Å².